The van der Waals surface area contributed by atoms with Crippen molar-refractivity contribution >= 4 is 35.2 Å². The number of aromatic nitrogens is 2. The fourth-order valence-corrected chi connectivity index (χ4v) is 8.19. The molecule has 34 heavy (non-hydrogen) atoms. The van der Waals surface area contributed by atoms with Crippen molar-refractivity contribution in [1.29, 1.82) is 0 Å². The standard InChI is InChI=1S/C25H36ClN5O2S/c1-15-27-22-14-29(17(3)33)10-9-23(22)31(15)20-12-18-4-5-19(13-20)30(18)11-8-21(28-16(2)32)24-6-7-25(26)34-24/h7,18-21,24H,4-6,8-14H2,1-3H3,(H,28,32)/t18?,19?,20?,21-,24?/m0/s1. The zero-order chi connectivity index (χ0) is 24.0. The highest BCUT2D eigenvalue weighted by Crippen LogP contribution is 2.43. The molecule has 2 amide bonds. The Labute approximate surface area is 211 Å². The Kier molecular flexibility index (Phi) is 7.02. The van der Waals surface area contributed by atoms with Crippen LogP contribution in [0.1, 0.15) is 75.6 Å². The molecule has 0 spiro atoms. The molecule has 2 fully saturated rings. The molecule has 0 aliphatic carbocycles. The van der Waals surface area contributed by atoms with E-state index in [9.17, 15) is 9.59 Å². The van der Waals surface area contributed by atoms with E-state index in [4.69, 9.17) is 16.6 Å². The minimum absolute atomic E-state index is 0.0407. The maximum Gasteiger partial charge on any atom is 0.219 e. The number of hydrogen-bond donors (Lipinski definition) is 1. The van der Waals surface area contributed by atoms with Crippen molar-refractivity contribution in [3.63, 3.8) is 0 Å². The minimum atomic E-state index is 0.0407. The second-order valence-electron chi connectivity index (χ2n) is 10.4. The molecule has 4 aliphatic rings. The summed E-state index contributed by atoms with van der Waals surface area (Å²) in [4.78, 5) is 33.2. The molecule has 3 unspecified atom stereocenters. The number of hydrogen-bond acceptors (Lipinski definition) is 5. The van der Waals surface area contributed by atoms with Crippen LogP contribution in [0.25, 0.3) is 0 Å². The van der Waals surface area contributed by atoms with Crippen LogP contribution in [0, 0.1) is 6.92 Å². The van der Waals surface area contributed by atoms with Gasteiger partial charge in [-0.15, -0.1) is 11.8 Å². The highest BCUT2D eigenvalue weighted by atomic mass is 35.5. The van der Waals surface area contributed by atoms with Crippen molar-refractivity contribution < 1.29 is 9.59 Å². The Bertz CT molecular complexity index is 980. The summed E-state index contributed by atoms with van der Waals surface area (Å²) in [5.74, 6) is 1.27. The van der Waals surface area contributed by atoms with Gasteiger partial charge in [-0.05, 0) is 45.4 Å². The summed E-state index contributed by atoms with van der Waals surface area (Å²) < 4.78 is 3.37. The second kappa shape index (κ2) is 9.86. The van der Waals surface area contributed by atoms with Crippen molar-refractivity contribution in [2.24, 2.45) is 0 Å². The lowest BCUT2D eigenvalue weighted by Gasteiger charge is -2.41. The first-order chi connectivity index (χ1) is 16.3. The Balaban J connectivity index is 1.24. The molecule has 4 aliphatic heterocycles. The molecule has 5 rings (SSSR count). The Morgan fingerprint density at radius 2 is 1.97 bits per heavy atom. The zero-order valence-corrected chi connectivity index (χ0v) is 22.0. The third-order valence-corrected chi connectivity index (χ3v) is 9.85. The van der Waals surface area contributed by atoms with E-state index >= 15 is 0 Å². The number of nitrogens with zero attached hydrogens (tertiary/aromatic N) is 4. The van der Waals surface area contributed by atoms with Crippen LogP contribution in [0.5, 0.6) is 0 Å². The summed E-state index contributed by atoms with van der Waals surface area (Å²) in [5.41, 5.74) is 2.44. The molecule has 4 atom stereocenters. The van der Waals surface area contributed by atoms with Crippen molar-refractivity contribution in [3.05, 3.63) is 27.7 Å². The van der Waals surface area contributed by atoms with Crippen molar-refractivity contribution in [2.45, 2.75) is 102 Å². The number of imidazole rings is 1. The van der Waals surface area contributed by atoms with Crippen LogP contribution >= 0.6 is 23.4 Å². The van der Waals surface area contributed by atoms with E-state index in [1.54, 1.807) is 25.6 Å². The predicted octanol–water partition coefficient (Wildman–Crippen LogP) is 3.74. The van der Waals surface area contributed by atoms with E-state index in [2.05, 4.69) is 27.8 Å². The van der Waals surface area contributed by atoms with Crippen LogP contribution in [0.2, 0.25) is 0 Å². The number of thioether (sulfide) groups is 1. The van der Waals surface area contributed by atoms with E-state index in [0.717, 1.165) is 61.1 Å². The van der Waals surface area contributed by atoms with Gasteiger partial charge in [0.2, 0.25) is 11.8 Å². The number of fused-ring (bicyclic) bond motifs is 3. The van der Waals surface area contributed by atoms with Crippen LogP contribution in [0.4, 0.5) is 0 Å². The molecular weight excluding hydrogens is 470 g/mol. The van der Waals surface area contributed by atoms with Gasteiger partial charge in [-0.3, -0.25) is 14.5 Å². The molecule has 0 aromatic carbocycles. The van der Waals surface area contributed by atoms with Gasteiger partial charge >= 0.3 is 0 Å². The number of carbonyl (C=O) groups is 2. The molecule has 7 nitrogen and oxygen atoms in total. The maximum atomic E-state index is 11.9. The molecule has 0 saturated carbocycles. The monoisotopic (exact) mass is 505 g/mol. The Morgan fingerprint density at radius 3 is 2.59 bits per heavy atom. The highest BCUT2D eigenvalue weighted by Gasteiger charge is 2.43. The molecule has 9 heteroatoms. The number of allylic oxidation sites excluding steroid dienone is 1. The van der Waals surface area contributed by atoms with E-state index < -0.39 is 0 Å². The lowest BCUT2D eigenvalue weighted by atomic mass is 9.95. The third kappa shape index (κ3) is 4.78. The van der Waals surface area contributed by atoms with Crippen molar-refractivity contribution in [3.8, 4) is 0 Å². The highest BCUT2D eigenvalue weighted by molar-refractivity contribution is 8.05. The molecular formula is C25H36ClN5O2S. The van der Waals surface area contributed by atoms with Crippen LogP contribution in [-0.2, 0) is 22.6 Å². The fourth-order valence-electron chi connectivity index (χ4n) is 6.71. The van der Waals surface area contributed by atoms with E-state index in [-0.39, 0.29) is 17.9 Å². The van der Waals surface area contributed by atoms with Gasteiger partial charge < -0.3 is 14.8 Å². The molecule has 2 bridgehead atoms. The first-order valence-corrected chi connectivity index (χ1v) is 13.9. The van der Waals surface area contributed by atoms with Crippen LogP contribution in [0.3, 0.4) is 0 Å². The van der Waals surface area contributed by atoms with Gasteiger partial charge in [0.05, 0.1) is 16.6 Å². The molecule has 1 N–H and O–H groups in total. The van der Waals surface area contributed by atoms with E-state index in [1.165, 1.54) is 18.5 Å². The molecule has 2 saturated heterocycles. The van der Waals surface area contributed by atoms with Crippen LogP contribution < -0.4 is 5.32 Å². The van der Waals surface area contributed by atoms with Crippen LogP contribution in [-0.4, -0.2) is 67.6 Å². The predicted molar refractivity (Wildman–Crippen MR) is 136 cm³/mol. The lowest BCUT2D eigenvalue weighted by molar-refractivity contribution is -0.129. The number of nitrogens with one attached hydrogen (secondary N) is 1. The van der Waals surface area contributed by atoms with Gasteiger partial charge in [-0.2, -0.15) is 0 Å². The van der Waals surface area contributed by atoms with Gasteiger partial charge in [-0.1, -0.05) is 17.7 Å². The van der Waals surface area contributed by atoms with Gasteiger partial charge in [0.25, 0.3) is 0 Å². The summed E-state index contributed by atoms with van der Waals surface area (Å²) in [6.07, 6.45) is 9.70. The molecule has 5 heterocycles. The quantitative estimate of drug-likeness (QED) is 0.637. The molecule has 186 valence electrons. The van der Waals surface area contributed by atoms with Gasteiger partial charge in [0.15, 0.2) is 0 Å². The maximum absolute atomic E-state index is 11.9. The summed E-state index contributed by atoms with van der Waals surface area (Å²) in [6.45, 7) is 7.85. The minimum Gasteiger partial charge on any atom is -0.352 e. The average molecular weight is 506 g/mol. The number of halogens is 1. The van der Waals surface area contributed by atoms with Crippen molar-refractivity contribution in [1.82, 2.24) is 24.7 Å². The third-order valence-electron chi connectivity index (χ3n) is 8.21. The second-order valence-corrected chi connectivity index (χ2v) is 12.3. The van der Waals surface area contributed by atoms with E-state index in [1.807, 2.05) is 4.90 Å². The fraction of sp³-hybridized carbons (Fsp3) is 0.720. The van der Waals surface area contributed by atoms with Gasteiger partial charge in [0.1, 0.15) is 5.82 Å². The van der Waals surface area contributed by atoms with Crippen LogP contribution in [0.15, 0.2) is 10.4 Å². The lowest BCUT2D eigenvalue weighted by Crippen LogP contribution is -2.48. The Morgan fingerprint density at radius 1 is 1.24 bits per heavy atom. The topological polar surface area (TPSA) is 70.5 Å². The van der Waals surface area contributed by atoms with Gasteiger partial charge in [0, 0.05) is 68.5 Å². The smallest absolute Gasteiger partial charge is 0.219 e. The van der Waals surface area contributed by atoms with E-state index in [0.29, 0.717) is 29.9 Å². The first-order valence-electron chi connectivity index (χ1n) is 12.7. The number of amides is 2. The summed E-state index contributed by atoms with van der Waals surface area (Å²) in [6, 6.07) is 1.83. The summed E-state index contributed by atoms with van der Waals surface area (Å²) >= 11 is 7.91. The molecule has 1 aromatic rings. The number of carbonyl (C=O) groups excluding carboxylic acids is 2. The normalized spacial score (nSPS) is 29.6. The van der Waals surface area contributed by atoms with Crippen molar-refractivity contribution in [2.75, 3.05) is 13.1 Å². The largest absolute Gasteiger partial charge is 0.352 e. The zero-order valence-electron chi connectivity index (χ0n) is 20.4. The summed E-state index contributed by atoms with van der Waals surface area (Å²) in [5, 5.41) is 3.53. The summed E-state index contributed by atoms with van der Waals surface area (Å²) in [7, 11) is 0. The number of piperidine rings is 1. The average Bonchev–Trinajstić information content (AvgIpc) is 3.42. The number of rotatable bonds is 6. The number of aryl methyl sites for hydroxylation is 1. The Hall–Kier alpha value is -1.51. The SMILES string of the molecule is CC(=O)N[C@@H](CCN1C2CCC1CC(n1c(C)nc3c1CCN(C(C)=O)C3)C2)C1CC=C(Cl)S1. The van der Waals surface area contributed by atoms with Gasteiger partial charge in [-0.25, -0.2) is 4.98 Å². The first kappa shape index (κ1) is 24.2. The molecule has 0 radical (unpaired) electrons. The molecule has 1 aromatic heterocycles.